The van der Waals surface area contributed by atoms with E-state index < -0.39 is 33.8 Å². The average Bonchev–Trinajstić information content (AvgIpc) is 2.39. The molecule has 0 N–H and O–H groups in total. The lowest BCUT2D eigenvalue weighted by Crippen LogP contribution is -2.56. The first-order valence-corrected chi connectivity index (χ1v) is 21.9. The highest BCUT2D eigenvalue weighted by molar-refractivity contribution is 6.89. The molecule has 0 aliphatic rings. The molecule has 0 atom stereocenters. The van der Waals surface area contributed by atoms with Gasteiger partial charge in [-0.3, -0.25) is 0 Å². The van der Waals surface area contributed by atoms with Crippen LogP contribution < -0.4 is 0 Å². The van der Waals surface area contributed by atoms with Gasteiger partial charge in [-0.15, -0.1) is 0 Å². The third kappa shape index (κ3) is 12.2. The number of esters is 1. The molecule has 0 fully saturated rings. The van der Waals surface area contributed by atoms with Crippen molar-refractivity contribution in [3.63, 3.8) is 0 Å². The predicted octanol–water partition coefficient (Wildman–Crippen LogP) is 5.77. The van der Waals surface area contributed by atoms with Crippen LogP contribution in [0.4, 0.5) is 0 Å². The predicted molar refractivity (Wildman–Crippen MR) is 123 cm³/mol. The van der Waals surface area contributed by atoms with Crippen molar-refractivity contribution in [2.75, 3.05) is 6.61 Å². The van der Waals surface area contributed by atoms with Gasteiger partial charge < -0.3 is 17.1 Å². The van der Waals surface area contributed by atoms with Gasteiger partial charge in [0.1, 0.15) is 0 Å². The van der Waals surface area contributed by atoms with Gasteiger partial charge in [0.15, 0.2) is 16.6 Å². The van der Waals surface area contributed by atoms with E-state index in [1.165, 1.54) is 0 Å². The van der Waals surface area contributed by atoms with Crippen LogP contribution in [0.2, 0.25) is 64.5 Å². The maximum atomic E-state index is 12.0. The molecule has 27 heavy (non-hydrogen) atoms. The van der Waals surface area contributed by atoms with Crippen LogP contribution in [0, 0.1) is 0 Å². The van der Waals surface area contributed by atoms with Crippen molar-refractivity contribution in [1.29, 1.82) is 0 Å². The van der Waals surface area contributed by atoms with Crippen LogP contribution in [0.25, 0.3) is 0 Å². The number of ether oxygens (including phenoxy) is 1. The van der Waals surface area contributed by atoms with Gasteiger partial charge in [-0.05, 0) is 70.9 Å². The highest BCUT2D eigenvalue weighted by Crippen LogP contribution is 2.28. The molecule has 0 unspecified atom stereocenters. The Balaban J connectivity index is 4.91. The highest BCUT2D eigenvalue weighted by atomic mass is 28.5. The molecule has 0 spiro atoms. The Morgan fingerprint density at radius 1 is 0.778 bits per heavy atom. The van der Waals surface area contributed by atoms with Crippen molar-refractivity contribution >= 4 is 39.7 Å². The summed E-state index contributed by atoms with van der Waals surface area (Å²) in [5, 5.41) is 0. The Morgan fingerprint density at radius 3 is 1.70 bits per heavy atom. The third-order valence-corrected chi connectivity index (χ3v) is 19.0. The summed E-state index contributed by atoms with van der Waals surface area (Å²) in [5.41, 5.74) is 0.495. The molecule has 0 aromatic heterocycles. The van der Waals surface area contributed by atoms with E-state index in [-0.39, 0.29) is 5.97 Å². The maximum absolute atomic E-state index is 12.0. The van der Waals surface area contributed by atoms with E-state index in [4.69, 9.17) is 17.1 Å². The van der Waals surface area contributed by atoms with Crippen LogP contribution in [-0.2, 0) is 21.9 Å². The van der Waals surface area contributed by atoms with Gasteiger partial charge in [0.2, 0.25) is 0 Å². The fourth-order valence-corrected chi connectivity index (χ4v) is 23.1. The molecule has 0 saturated carbocycles. The van der Waals surface area contributed by atoms with Crippen molar-refractivity contribution in [1.82, 2.24) is 0 Å². The normalized spacial score (nSPS) is 13.6. The minimum absolute atomic E-state index is 0.313. The van der Waals surface area contributed by atoms with Crippen LogP contribution in [0.3, 0.4) is 0 Å². The lowest BCUT2D eigenvalue weighted by Gasteiger charge is -2.41. The van der Waals surface area contributed by atoms with Gasteiger partial charge in [-0.2, -0.15) is 0 Å². The summed E-state index contributed by atoms with van der Waals surface area (Å²) < 4.78 is 24.7. The van der Waals surface area contributed by atoms with E-state index in [1.807, 2.05) is 6.92 Å². The zero-order valence-electron chi connectivity index (χ0n) is 19.3. The smallest absolute Gasteiger partial charge is 0.333 e. The fourth-order valence-electron chi connectivity index (χ4n) is 3.54. The van der Waals surface area contributed by atoms with Crippen molar-refractivity contribution in [2.24, 2.45) is 0 Å². The number of rotatable bonds is 13. The van der Waals surface area contributed by atoms with E-state index in [9.17, 15) is 4.79 Å². The van der Waals surface area contributed by atoms with Gasteiger partial charge in [-0.1, -0.05) is 26.8 Å². The summed E-state index contributed by atoms with van der Waals surface area (Å²) in [6, 6.07) is 1.68. The molecule has 0 aromatic rings. The fraction of sp³-hybridized carbons (Fsp3) is 0.833. The van der Waals surface area contributed by atoms with E-state index in [0.717, 1.165) is 18.9 Å². The molecule has 0 amide bonds. The number of carbonyl (C=O) groups is 1. The van der Waals surface area contributed by atoms with Gasteiger partial charge >= 0.3 is 23.1 Å². The van der Waals surface area contributed by atoms with E-state index in [2.05, 4.69) is 65.9 Å². The van der Waals surface area contributed by atoms with Crippen LogP contribution in [0.5, 0.6) is 0 Å². The van der Waals surface area contributed by atoms with Gasteiger partial charge in [0.25, 0.3) is 0 Å². The summed E-state index contributed by atoms with van der Waals surface area (Å²) in [6.07, 6.45) is 1.94. The molecule has 0 saturated heterocycles. The van der Waals surface area contributed by atoms with Gasteiger partial charge in [0, 0.05) is 5.57 Å². The summed E-state index contributed by atoms with van der Waals surface area (Å²) >= 11 is 0. The number of carbonyl (C=O) groups excluding carboxylic acids is 1. The molecular weight excluding hydrogens is 409 g/mol. The maximum Gasteiger partial charge on any atom is 0.333 e. The van der Waals surface area contributed by atoms with E-state index in [0.29, 0.717) is 18.2 Å². The summed E-state index contributed by atoms with van der Waals surface area (Å²) in [7, 11) is -8.56. The van der Waals surface area contributed by atoms with Crippen molar-refractivity contribution in [3.8, 4) is 0 Å². The second-order valence-corrected chi connectivity index (χ2v) is 25.2. The third-order valence-electron chi connectivity index (χ3n) is 3.75. The lowest BCUT2D eigenvalue weighted by atomic mass is 10.3. The Morgan fingerprint density at radius 2 is 1.26 bits per heavy atom. The van der Waals surface area contributed by atoms with Crippen molar-refractivity contribution < 1.29 is 21.9 Å². The minimum Gasteiger partial charge on any atom is -0.462 e. The first-order chi connectivity index (χ1) is 12.0. The average molecular weight is 451 g/mol. The van der Waals surface area contributed by atoms with Crippen molar-refractivity contribution in [3.05, 3.63) is 12.2 Å². The first-order valence-electron chi connectivity index (χ1n) is 10.0. The molecule has 0 rings (SSSR count). The Kier molecular flexibility index (Phi) is 10.6. The zero-order valence-corrected chi connectivity index (χ0v) is 23.3. The van der Waals surface area contributed by atoms with E-state index >= 15 is 0 Å². The van der Waals surface area contributed by atoms with Crippen LogP contribution >= 0.6 is 0 Å². The second-order valence-electron chi connectivity index (χ2n) is 9.29. The minimum atomic E-state index is -2.40. The molecule has 0 heterocycles. The Bertz CT molecular complexity index is 504. The molecule has 5 nitrogen and oxygen atoms in total. The number of hydrogen-bond acceptors (Lipinski definition) is 5. The summed E-state index contributed by atoms with van der Waals surface area (Å²) in [5.74, 6) is -0.313. The standard InChI is InChI=1S/C18H42O5Si4/c1-12-14-20-18(19)17(3)16-25(6,7)22-27(10,11)23-26(8,9)21-24(4,5)15-13-2/h3,12-16H2,1-2,4-11H3. The molecule has 0 bridgehead atoms. The second kappa shape index (κ2) is 10.7. The van der Waals surface area contributed by atoms with Gasteiger partial charge in [-0.25, -0.2) is 4.79 Å². The van der Waals surface area contributed by atoms with Gasteiger partial charge in [0.05, 0.1) is 6.61 Å². The number of hydrogen-bond donors (Lipinski definition) is 0. The van der Waals surface area contributed by atoms with Crippen LogP contribution in [-0.4, -0.2) is 46.3 Å². The molecule has 0 aliphatic heterocycles. The van der Waals surface area contributed by atoms with Crippen molar-refractivity contribution in [2.45, 2.75) is 91.2 Å². The first kappa shape index (κ1) is 27.0. The van der Waals surface area contributed by atoms with Crippen LogP contribution in [0.1, 0.15) is 26.7 Å². The van der Waals surface area contributed by atoms with E-state index in [1.54, 1.807) is 0 Å². The quantitative estimate of drug-likeness (QED) is 0.202. The molecule has 0 aromatic carbocycles. The lowest BCUT2D eigenvalue weighted by molar-refractivity contribution is -0.138. The Labute approximate surface area is 171 Å². The molecule has 9 heteroatoms. The Hall–Kier alpha value is -0.0425. The monoisotopic (exact) mass is 450 g/mol. The highest BCUT2D eigenvalue weighted by Gasteiger charge is 2.43. The molecule has 0 radical (unpaired) electrons. The zero-order chi connectivity index (χ0) is 21.5. The molecule has 160 valence electrons. The SMILES string of the molecule is C=C(C[Si](C)(C)O[Si](C)(C)O[Si](C)(C)O[Si](C)(C)CCC)C(=O)OCCC. The van der Waals surface area contributed by atoms with Crippen LogP contribution in [0.15, 0.2) is 12.2 Å². The molecule has 0 aliphatic carbocycles. The molecular formula is C18H42O5Si4. The summed E-state index contributed by atoms with van der Waals surface area (Å²) in [6.45, 7) is 25.6. The topological polar surface area (TPSA) is 54.0 Å². The largest absolute Gasteiger partial charge is 0.462 e. The summed E-state index contributed by atoms with van der Waals surface area (Å²) in [4.78, 5) is 12.0.